The van der Waals surface area contributed by atoms with E-state index in [1.54, 1.807) is 6.07 Å². The van der Waals surface area contributed by atoms with Crippen molar-refractivity contribution in [3.05, 3.63) is 66.2 Å². The zero-order valence-corrected chi connectivity index (χ0v) is 16.6. The minimum Gasteiger partial charge on any atom is -0.383 e. The molecule has 0 saturated carbocycles. The minimum atomic E-state index is -4.70. The molecule has 2 N–H and O–H groups in total. The van der Waals surface area contributed by atoms with E-state index in [2.05, 4.69) is 15.0 Å². The highest BCUT2D eigenvalue weighted by molar-refractivity contribution is 6.01. The first-order chi connectivity index (χ1) is 14.6. The smallest absolute Gasteiger partial charge is 0.383 e. The third-order valence-corrected chi connectivity index (χ3v) is 4.85. The molecule has 4 aromatic rings. The number of benzene rings is 2. The van der Waals surface area contributed by atoms with Gasteiger partial charge in [0.25, 0.3) is 0 Å². The minimum absolute atomic E-state index is 0.00684. The van der Waals surface area contributed by atoms with Crippen LogP contribution in [-0.2, 0) is 6.18 Å². The Hall–Kier alpha value is -3.75. The number of halogens is 4. The molecular formula is C22H17F4N5. The van der Waals surface area contributed by atoms with Gasteiger partial charge in [-0.15, -0.1) is 0 Å². The normalized spacial score (nSPS) is 11.7. The maximum Gasteiger partial charge on any atom is 0.416 e. The fraction of sp³-hybridized carbons (Fsp3) is 0.136. The Morgan fingerprint density at radius 3 is 2.26 bits per heavy atom. The third kappa shape index (κ3) is 3.98. The topological polar surface area (TPSA) is 67.9 Å². The highest BCUT2D eigenvalue weighted by Gasteiger charge is 2.31. The first-order valence-corrected chi connectivity index (χ1v) is 9.20. The Bertz CT molecular complexity index is 1270. The molecule has 0 fully saturated rings. The van der Waals surface area contributed by atoms with E-state index in [1.807, 2.05) is 43.3 Å². The lowest BCUT2D eigenvalue weighted by molar-refractivity contribution is -0.137. The van der Waals surface area contributed by atoms with Crippen LogP contribution in [0, 0.1) is 5.82 Å². The molecule has 0 atom stereocenters. The first-order valence-electron chi connectivity index (χ1n) is 9.20. The molecule has 9 heteroatoms. The number of alkyl halides is 3. The van der Waals surface area contributed by atoms with Gasteiger partial charge in [0, 0.05) is 25.3 Å². The Labute approximate surface area is 175 Å². The summed E-state index contributed by atoms with van der Waals surface area (Å²) < 4.78 is 53.9. The maximum absolute atomic E-state index is 14.1. The molecule has 0 aliphatic heterocycles. The van der Waals surface area contributed by atoms with E-state index >= 15 is 0 Å². The van der Waals surface area contributed by atoms with E-state index in [1.165, 1.54) is 6.33 Å². The largest absolute Gasteiger partial charge is 0.416 e. The summed E-state index contributed by atoms with van der Waals surface area (Å²) >= 11 is 0. The van der Waals surface area contributed by atoms with Crippen molar-refractivity contribution in [3.8, 4) is 22.4 Å². The van der Waals surface area contributed by atoms with Crippen LogP contribution in [0.1, 0.15) is 5.56 Å². The quantitative estimate of drug-likeness (QED) is 0.457. The zero-order valence-electron chi connectivity index (χ0n) is 16.6. The molecule has 0 bridgehead atoms. The monoisotopic (exact) mass is 427 g/mol. The molecule has 0 saturated heterocycles. The summed E-state index contributed by atoms with van der Waals surface area (Å²) in [6, 6.07) is 11.4. The number of nitrogen functional groups attached to an aromatic ring is 1. The summed E-state index contributed by atoms with van der Waals surface area (Å²) in [5.74, 6) is -0.970. The fourth-order valence-corrected chi connectivity index (χ4v) is 3.30. The molecule has 0 amide bonds. The first kappa shape index (κ1) is 20.5. The number of hydrogen-bond acceptors (Lipinski definition) is 5. The molecule has 0 aliphatic rings. The van der Waals surface area contributed by atoms with Crippen molar-refractivity contribution in [2.24, 2.45) is 0 Å². The lowest BCUT2D eigenvalue weighted by atomic mass is 9.98. The van der Waals surface area contributed by atoms with Crippen LogP contribution in [0.15, 0.2) is 54.9 Å². The van der Waals surface area contributed by atoms with Crippen LogP contribution in [0.2, 0.25) is 0 Å². The molecule has 4 rings (SSSR count). The number of anilines is 2. The predicted molar refractivity (Wildman–Crippen MR) is 112 cm³/mol. The summed E-state index contributed by atoms with van der Waals surface area (Å²) in [4.78, 5) is 14.5. The number of hydrogen-bond donors (Lipinski definition) is 1. The van der Waals surface area contributed by atoms with Crippen molar-refractivity contribution >= 4 is 22.5 Å². The van der Waals surface area contributed by atoms with Crippen molar-refractivity contribution in [2.75, 3.05) is 24.7 Å². The second kappa shape index (κ2) is 7.50. The van der Waals surface area contributed by atoms with Gasteiger partial charge < -0.3 is 10.6 Å². The van der Waals surface area contributed by atoms with Crippen LogP contribution in [0.4, 0.5) is 29.1 Å². The van der Waals surface area contributed by atoms with Gasteiger partial charge in [-0.05, 0) is 47.5 Å². The van der Waals surface area contributed by atoms with Crippen molar-refractivity contribution in [3.63, 3.8) is 0 Å². The molecular weight excluding hydrogens is 410 g/mol. The number of fused-ring (bicyclic) bond motifs is 1. The molecule has 2 heterocycles. The zero-order chi connectivity index (χ0) is 22.3. The molecule has 0 aliphatic carbocycles. The highest BCUT2D eigenvalue weighted by Crippen LogP contribution is 2.37. The average Bonchev–Trinajstić information content (AvgIpc) is 2.72. The number of aromatic nitrogens is 3. The van der Waals surface area contributed by atoms with Crippen LogP contribution in [-0.4, -0.2) is 29.0 Å². The molecule has 31 heavy (non-hydrogen) atoms. The molecule has 158 valence electrons. The fourth-order valence-electron chi connectivity index (χ4n) is 3.30. The van der Waals surface area contributed by atoms with E-state index in [-0.39, 0.29) is 28.0 Å². The molecule has 2 aromatic heterocycles. The number of rotatable bonds is 3. The molecule has 5 nitrogen and oxygen atoms in total. The number of pyridine rings is 1. The second-order valence-corrected chi connectivity index (χ2v) is 7.18. The lowest BCUT2D eigenvalue weighted by Gasteiger charge is -2.15. The van der Waals surface area contributed by atoms with Crippen LogP contribution in [0.5, 0.6) is 0 Å². The Kier molecular flexibility index (Phi) is 4.96. The van der Waals surface area contributed by atoms with Gasteiger partial charge >= 0.3 is 6.18 Å². The van der Waals surface area contributed by atoms with Gasteiger partial charge in [-0.3, -0.25) is 0 Å². The van der Waals surface area contributed by atoms with Crippen LogP contribution in [0.25, 0.3) is 33.4 Å². The van der Waals surface area contributed by atoms with Gasteiger partial charge in [0.2, 0.25) is 0 Å². The lowest BCUT2D eigenvalue weighted by Crippen LogP contribution is -2.08. The van der Waals surface area contributed by atoms with E-state index < -0.39 is 17.6 Å². The van der Waals surface area contributed by atoms with E-state index in [0.29, 0.717) is 11.8 Å². The van der Waals surface area contributed by atoms with Gasteiger partial charge in [-0.1, -0.05) is 12.1 Å². The van der Waals surface area contributed by atoms with Crippen molar-refractivity contribution < 1.29 is 17.6 Å². The Morgan fingerprint density at radius 2 is 1.61 bits per heavy atom. The van der Waals surface area contributed by atoms with Crippen LogP contribution in [0.3, 0.4) is 0 Å². The van der Waals surface area contributed by atoms with Gasteiger partial charge in [0.15, 0.2) is 5.65 Å². The Balaban J connectivity index is 1.98. The second-order valence-electron chi connectivity index (χ2n) is 7.18. The molecule has 0 unspecified atom stereocenters. The predicted octanol–water partition coefficient (Wildman–Crippen LogP) is 5.16. The van der Waals surface area contributed by atoms with E-state index in [4.69, 9.17) is 5.73 Å². The van der Waals surface area contributed by atoms with Gasteiger partial charge in [-0.25, -0.2) is 19.3 Å². The number of nitrogens with two attached hydrogens (primary N) is 1. The van der Waals surface area contributed by atoms with Crippen molar-refractivity contribution in [1.82, 2.24) is 15.0 Å². The van der Waals surface area contributed by atoms with Crippen LogP contribution >= 0.6 is 0 Å². The van der Waals surface area contributed by atoms with Gasteiger partial charge in [-0.2, -0.15) is 13.2 Å². The standard InChI is InChI=1S/C22H17F4N5/c1-31(2)16-5-3-12(4-6-16)18-10-17(19-20(27)28-11-29-21(19)30-18)13-7-14(22(24,25)26)9-15(23)8-13/h3-11H,1-2H3,(H2,27,28,29,30). The SMILES string of the molecule is CN(C)c1ccc(-c2cc(-c3cc(F)cc(C(F)(F)F)c3)c3c(N)ncnc3n2)cc1. The van der Waals surface area contributed by atoms with Crippen LogP contribution < -0.4 is 10.6 Å². The average molecular weight is 427 g/mol. The van der Waals surface area contributed by atoms with Crippen molar-refractivity contribution in [1.29, 1.82) is 0 Å². The van der Waals surface area contributed by atoms with E-state index in [9.17, 15) is 17.6 Å². The molecule has 0 radical (unpaired) electrons. The summed E-state index contributed by atoms with van der Waals surface area (Å²) in [7, 11) is 3.81. The third-order valence-electron chi connectivity index (χ3n) is 4.85. The van der Waals surface area contributed by atoms with Gasteiger partial charge in [0.1, 0.15) is 18.0 Å². The number of nitrogens with zero attached hydrogens (tertiary/aromatic N) is 4. The summed E-state index contributed by atoms with van der Waals surface area (Å²) in [5, 5.41) is 0.259. The summed E-state index contributed by atoms with van der Waals surface area (Å²) in [5.41, 5.74) is 7.51. The van der Waals surface area contributed by atoms with E-state index in [0.717, 1.165) is 23.4 Å². The van der Waals surface area contributed by atoms with Crippen molar-refractivity contribution in [2.45, 2.75) is 6.18 Å². The maximum atomic E-state index is 14.1. The highest BCUT2D eigenvalue weighted by atomic mass is 19.4. The summed E-state index contributed by atoms with van der Waals surface area (Å²) in [6.45, 7) is 0. The summed E-state index contributed by atoms with van der Waals surface area (Å²) in [6.07, 6.45) is -3.48. The van der Waals surface area contributed by atoms with Gasteiger partial charge in [0.05, 0.1) is 16.6 Å². The molecule has 0 spiro atoms. The molecule has 2 aromatic carbocycles. The Morgan fingerprint density at radius 1 is 0.903 bits per heavy atom.